The van der Waals surface area contributed by atoms with Crippen LogP contribution in [0.1, 0.15) is 30.7 Å². The summed E-state index contributed by atoms with van der Waals surface area (Å²) >= 11 is 0. The molecule has 1 atom stereocenters. The normalized spacial score (nSPS) is 20.9. The van der Waals surface area contributed by atoms with Crippen LogP contribution in [-0.4, -0.2) is 95.8 Å². The summed E-state index contributed by atoms with van der Waals surface area (Å²) in [6, 6.07) is 2.05. The van der Waals surface area contributed by atoms with Gasteiger partial charge in [0.1, 0.15) is 0 Å². The zero-order chi connectivity index (χ0) is 20.8. The molecule has 29 heavy (non-hydrogen) atoms. The van der Waals surface area contributed by atoms with Crippen LogP contribution >= 0.6 is 0 Å². The lowest BCUT2D eigenvalue weighted by Gasteiger charge is -2.34. The minimum atomic E-state index is -0.0958. The van der Waals surface area contributed by atoms with Gasteiger partial charge < -0.3 is 14.5 Å². The molecule has 2 aliphatic rings. The average Bonchev–Trinajstić information content (AvgIpc) is 3.04. The third-order valence-corrected chi connectivity index (χ3v) is 5.98. The van der Waals surface area contributed by atoms with E-state index in [2.05, 4.69) is 10.00 Å². The van der Waals surface area contributed by atoms with Crippen molar-refractivity contribution in [3.63, 3.8) is 0 Å². The first-order chi connectivity index (χ1) is 13.9. The van der Waals surface area contributed by atoms with E-state index in [4.69, 9.17) is 4.74 Å². The van der Waals surface area contributed by atoms with Crippen molar-refractivity contribution in [3.8, 4) is 0 Å². The number of aryl methyl sites for hydroxylation is 2. The number of carbonyl (C=O) groups excluding carboxylic acids is 2. The lowest BCUT2D eigenvalue weighted by Crippen LogP contribution is -2.47. The molecule has 0 N–H and O–H groups in total. The number of rotatable bonds is 8. The Bertz CT molecular complexity index is 698. The molecule has 0 aliphatic carbocycles. The first kappa shape index (κ1) is 21.8. The lowest BCUT2D eigenvalue weighted by atomic mass is 9.96. The second-order valence-corrected chi connectivity index (χ2v) is 8.29. The molecular weight excluding hydrogens is 370 g/mol. The van der Waals surface area contributed by atoms with Crippen LogP contribution in [0.15, 0.2) is 6.07 Å². The maximum Gasteiger partial charge on any atom is 0.227 e. The van der Waals surface area contributed by atoms with E-state index in [0.29, 0.717) is 32.5 Å². The van der Waals surface area contributed by atoms with Crippen molar-refractivity contribution in [1.82, 2.24) is 24.5 Å². The fourth-order valence-corrected chi connectivity index (χ4v) is 4.21. The Kier molecular flexibility index (Phi) is 7.66. The van der Waals surface area contributed by atoms with Gasteiger partial charge in [-0.05, 0) is 32.8 Å². The number of likely N-dealkylation sites (N-methyl/N-ethyl adjacent to an activating group) is 1. The standard InChI is InChI=1S/C21H35N5O3/c1-17-15-18(2)26(22-17)10-9-23(3)21(28)19-5-6-20(27)25(16-19)8-4-7-24-11-13-29-14-12-24/h15,19H,4-14,16H2,1-3H3. The van der Waals surface area contributed by atoms with Gasteiger partial charge in [0, 0.05) is 58.4 Å². The first-order valence-corrected chi connectivity index (χ1v) is 10.8. The summed E-state index contributed by atoms with van der Waals surface area (Å²) in [5.41, 5.74) is 2.10. The molecule has 0 spiro atoms. The highest BCUT2D eigenvalue weighted by Gasteiger charge is 2.31. The number of ether oxygens (including phenoxy) is 1. The van der Waals surface area contributed by atoms with Gasteiger partial charge in [0.15, 0.2) is 0 Å². The fraction of sp³-hybridized carbons (Fsp3) is 0.762. The quantitative estimate of drug-likeness (QED) is 0.643. The number of morpholine rings is 1. The predicted octanol–water partition coefficient (Wildman–Crippen LogP) is 0.919. The van der Waals surface area contributed by atoms with Crippen molar-refractivity contribution < 1.29 is 14.3 Å². The Morgan fingerprint density at radius 1 is 1.24 bits per heavy atom. The Morgan fingerprint density at radius 2 is 2.00 bits per heavy atom. The summed E-state index contributed by atoms with van der Waals surface area (Å²) in [5, 5.41) is 4.46. The van der Waals surface area contributed by atoms with E-state index in [-0.39, 0.29) is 17.7 Å². The number of likely N-dealkylation sites (tertiary alicyclic amines) is 1. The van der Waals surface area contributed by atoms with Crippen molar-refractivity contribution >= 4 is 11.8 Å². The molecule has 0 radical (unpaired) electrons. The maximum absolute atomic E-state index is 12.9. The predicted molar refractivity (Wildman–Crippen MR) is 111 cm³/mol. The van der Waals surface area contributed by atoms with E-state index in [0.717, 1.165) is 57.2 Å². The van der Waals surface area contributed by atoms with E-state index >= 15 is 0 Å². The van der Waals surface area contributed by atoms with E-state index in [1.165, 1.54) is 0 Å². The van der Waals surface area contributed by atoms with Crippen molar-refractivity contribution in [3.05, 3.63) is 17.5 Å². The number of hydrogen-bond acceptors (Lipinski definition) is 5. The van der Waals surface area contributed by atoms with Crippen LogP contribution in [0.5, 0.6) is 0 Å². The van der Waals surface area contributed by atoms with Gasteiger partial charge in [0.05, 0.1) is 31.4 Å². The van der Waals surface area contributed by atoms with Gasteiger partial charge in [0.2, 0.25) is 11.8 Å². The minimum absolute atomic E-state index is 0.0958. The largest absolute Gasteiger partial charge is 0.379 e. The van der Waals surface area contributed by atoms with E-state index in [9.17, 15) is 9.59 Å². The molecule has 2 amide bonds. The van der Waals surface area contributed by atoms with Gasteiger partial charge in [-0.25, -0.2) is 0 Å². The van der Waals surface area contributed by atoms with E-state index in [1.54, 1.807) is 4.90 Å². The molecular formula is C21H35N5O3. The first-order valence-electron chi connectivity index (χ1n) is 10.8. The number of nitrogens with zero attached hydrogens (tertiary/aromatic N) is 5. The van der Waals surface area contributed by atoms with Crippen LogP contribution in [0.3, 0.4) is 0 Å². The van der Waals surface area contributed by atoms with Crippen molar-refractivity contribution in [2.45, 2.75) is 39.7 Å². The molecule has 2 fully saturated rings. The van der Waals surface area contributed by atoms with Gasteiger partial charge in [-0.15, -0.1) is 0 Å². The van der Waals surface area contributed by atoms with Gasteiger partial charge >= 0.3 is 0 Å². The highest BCUT2D eigenvalue weighted by Crippen LogP contribution is 2.20. The third-order valence-electron chi connectivity index (χ3n) is 5.98. The Hall–Kier alpha value is -1.93. The van der Waals surface area contributed by atoms with Crippen LogP contribution in [0.2, 0.25) is 0 Å². The summed E-state index contributed by atoms with van der Waals surface area (Å²) in [7, 11) is 1.85. The zero-order valence-corrected chi connectivity index (χ0v) is 18.1. The zero-order valence-electron chi connectivity index (χ0n) is 18.1. The minimum Gasteiger partial charge on any atom is -0.379 e. The smallest absolute Gasteiger partial charge is 0.227 e. The van der Waals surface area contributed by atoms with E-state index in [1.807, 2.05) is 36.5 Å². The summed E-state index contributed by atoms with van der Waals surface area (Å²) in [4.78, 5) is 31.3. The molecule has 0 aromatic carbocycles. The molecule has 8 heteroatoms. The molecule has 8 nitrogen and oxygen atoms in total. The summed E-state index contributed by atoms with van der Waals surface area (Å²) in [6.07, 6.45) is 2.07. The number of hydrogen-bond donors (Lipinski definition) is 0. The molecule has 3 heterocycles. The van der Waals surface area contributed by atoms with Crippen LogP contribution in [-0.2, 0) is 20.9 Å². The molecule has 0 bridgehead atoms. The number of amides is 2. The van der Waals surface area contributed by atoms with Gasteiger partial charge in [-0.1, -0.05) is 0 Å². The highest BCUT2D eigenvalue weighted by molar-refractivity contribution is 5.83. The fourth-order valence-electron chi connectivity index (χ4n) is 4.21. The number of aromatic nitrogens is 2. The molecule has 162 valence electrons. The molecule has 1 unspecified atom stereocenters. The van der Waals surface area contributed by atoms with Gasteiger partial charge in [0.25, 0.3) is 0 Å². The van der Waals surface area contributed by atoms with Crippen LogP contribution in [0.25, 0.3) is 0 Å². The van der Waals surface area contributed by atoms with Crippen molar-refractivity contribution in [1.29, 1.82) is 0 Å². The molecule has 3 rings (SSSR count). The Morgan fingerprint density at radius 3 is 2.69 bits per heavy atom. The Labute approximate surface area is 173 Å². The van der Waals surface area contributed by atoms with Gasteiger partial charge in [-0.3, -0.25) is 19.2 Å². The van der Waals surface area contributed by atoms with Crippen molar-refractivity contribution in [2.24, 2.45) is 5.92 Å². The lowest BCUT2D eigenvalue weighted by molar-refractivity contribution is -0.142. The maximum atomic E-state index is 12.9. The van der Waals surface area contributed by atoms with Gasteiger partial charge in [-0.2, -0.15) is 5.10 Å². The molecule has 1 aromatic heterocycles. The molecule has 1 aromatic rings. The van der Waals surface area contributed by atoms with E-state index < -0.39 is 0 Å². The Balaban J connectivity index is 1.44. The van der Waals surface area contributed by atoms with Crippen LogP contribution in [0.4, 0.5) is 0 Å². The second-order valence-electron chi connectivity index (χ2n) is 8.29. The summed E-state index contributed by atoms with van der Waals surface area (Å²) < 4.78 is 7.32. The monoisotopic (exact) mass is 405 g/mol. The highest BCUT2D eigenvalue weighted by atomic mass is 16.5. The van der Waals surface area contributed by atoms with Crippen LogP contribution < -0.4 is 0 Å². The summed E-state index contributed by atoms with van der Waals surface area (Å²) in [6.45, 7) is 11.1. The number of carbonyl (C=O) groups is 2. The topological polar surface area (TPSA) is 70.9 Å². The molecule has 0 saturated carbocycles. The second kappa shape index (κ2) is 10.2. The third kappa shape index (κ3) is 6.02. The van der Waals surface area contributed by atoms with Crippen molar-refractivity contribution in [2.75, 3.05) is 59.5 Å². The molecule has 2 saturated heterocycles. The van der Waals surface area contributed by atoms with Crippen LogP contribution in [0, 0.1) is 19.8 Å². The number of piperidine rings is 1. The summed E-state index contributed by atoms with van der Waals surface area (Å²) in [5.74, 6) is 0.222. The molecule has 2 aliphatic heterocycles. The average molecular weight is 406 g/mol. The SMILES string of the molecule is Cc1cc(C)n(CCN(C)C(=O)C2CCC(=O)N(CCCN3CCOCC3)C2)n1.